The lowest BCUT2D eigenvalue weighted by atomic mass is 9.53. The summed E-state index contributed by atoms with van der Waals surface area (Å²) in [5.74, 6) is 0. The molecule has 0 heterocycles. The summed E-state index contributed by atoms with van der Waals surface area (Å²) in [6.07, 6.45) is 7.80. The fourth-order valence-electron chi connectivity index (χ4n) is 3.31. The number of rotatable bonds is 2. The first kappa shape index (κ1) is 11.4. The van der Waals surface area contributed by atoms with Gasteiger partial charge in [-0.1, -0.05) is 13.8 Å². The molecular formula is C13H25NO. The van der Waals surface area contributed by atoms with Crippen LogP contribution >= 0.6 is 0 Å². The second-order valence-electron chi connectivity index (χ2n) is 6.53. The van der Waals surface area contributed by atoms with Crippen LogP contribution in [0.25, 0.3) is 0 Å². The van der Waals surface area contributed by atoms with Crippen LogP contribution in [0, 0.1) is 10.8 Å². The topological polar surface area (TPSA) is 46.2 Å². The van der Waals surface area contributed by atoms with Crippen molar-refractivity contribution in [3.8, 4) is 0 Å². The predicted octanol–water partition coefficient (Wildman–Crippen LogP) is 2.45. The summed E-state index contributed by atoms with van der Waals surface area (Å²) < 4.78 is 0. The summed E-state index contributed by atoms with van der Waals surface area (Å²) in [4.78, 5) is 0. The Kier molecular flexibility index (Phi) is 2.63. The van der Waals surface area contributed by atoms with Gasteiger partial charge in [0.1, 0.15) is 0 Å². The van der Waals surface area contributed by atoms with Crippen LogP contribution in [0.4, 0.5) is 0 Å². The van der Waals surface area contributed by atoms with Gasteiger partial charge >= 0.3 is 0 Å². The molecule has 0 unspecified atom stereocenters. The zero-order chi connectivity index (χ0) is 11.2. The number of hydrogen-bond acceptors (Lipinski definition) is 2. The SMILES string of the molecule is CC1(C)CCC(CN)(C2(O)CCC2)CC1. The van der Waals surface area contributed by atoms with E-state index >= 15 is 0 Å². The van der Waals surface area contributed by atoms with Crippen LogP contribution in [-0.4, -0.2) is 17.3 Å². The summed E-state index contributed by atoms with van der Waals surface area (Å²) in [5, 5.41) is 10.6. The molecule has 2 nitrogen and oxygen atoms in total. The molecule has 0 atom stereocenters. The Bertz CT molecular complexity index is 233. The lowest BCUT2D eigenvalue weighted by Crippen LogP contribution is -2.58. The highest BCUT2D eigenvalue weighted by Crippen LogP contribution is 2.56. The van der Waals surface area contributed by atoms with Crippen molar-refractivity contribution in [3.05, 3.63) is 0 Å². The minimum absolute atomic E-state index is 0.0424. The first-order chi connectivity index (χ1) is 6.93. The molecule has 0 radical (unpaired) electrons. The molecule has 2 heteroatoms. The minimum Gasteiger partial charge on any atom is -0.389 e. The van der Waals surface area contributed by atoms with E-state index in [1.165, 1.54) is 19.3 Å². The molecule has 0 saturated heterocycles. The average Bonchev–Trinajstić information content (AvgIpc) is 2.15. The van der Waals surface area contributed by atoms with Crippen molar-refractivity contribution in [2.24, 2.45) is 16.6 Å². The number of nitrogens with two attached hydrogens (primary N) is 1. The highest BCUT2D eigenvalue weighted by molar-refractivity contribution is 5.06. The largest absolute Gasteiger partial charge is 0.389 e. The van der Waals surface area contributed by atoms with Crippen molar-refractivity contribution < 1.29 is 5.11 Å². The van der Waals surface area contributed by atoms with Crippen LogP contribution in [0.2, 0.25) is 0 Å². The Balaban J connectivity index is 2.11. The van der Waals surface area contributed by atoms with Gasteiger partial charge in [-0.15, -0.1) is 0 Å². The van der Waals surface area contributed by atoms with Crippen LogP contribution < -0.4 is 5.73 Å². The molecule has 0 aromatic carbocycles. The third-order valence-corrected chi connectivity index (χ3v) is 5.12. The fraction of sp³-hybridized carbons (Fsp3) is 1.00. The maximum Gasteiger partial charge on any atom is 0.0715 e. The molecule has 88 valence electrons. The van der Waals surface area contributed by atoms with Gasteiger partial charge in [0, 0.05) is 12.0 Å². The zero-order valence-corrected chi connectivity index (χ0v) is 10.2. The maximum atomic E-state index is 10.6. The lowest BCUT2D eigenvalue weighted by molar-refractivity contribution is -0.158. The van der Waals surface area contributed by atoms with E-state index in [1.54, 1.807) is 0 Å². The molecular weight excluding hydrogens is 186 g/mol. The first-order valence-electron chi connectivity index (χ1n) is 6.36. The van der Waals surface area contributed by atoms with Gasteiger partial charge < -0.3 is 10.8 Å². The summed E-state index contributed by atoms with van der Waals surface area (Å²) >= 11 is 0. The molecule has 2 aliphatic rings. The van der Waals surface area contributed by atoms with Crippen LogP contribution in [0.15, 0.2) is 0 Å². The summed E-state index contributed by atoms with van der Waals surface area (Å²) in [5.41, 5.74) is 6.04. The fourth-order valence-corrected chi connectivity index (χ4v) is 3.31. The highest BCUT2D eigenvalue weighted by Gasteiger charge is 2.54. The van der Waals surface area contributed by atoms with E-state index in [2.05, 4.69) is 13.8 Å². The molecule has 0 bridgehead atoms. The summed E-state index contributed by atoms with van der Waals surface area (Å²) in [6.45, 7) is 5.33. The van der Waals surface area contributed by atoms with Gasteiger partial charge in [0.25, 0.3) is 0 Å². The van der Waals surface area contributed by atoms with E-state index in [1.807, 2.05) is 0 Å². The molecule has 0 aromatic rings. The standard InChI is InChI=1S/C13H25NO/c1-11(2)6-8-12(10-14,9-7-11)13(15)4-3-5-13/h15H,3-10,14H2,1-2H3. The molecule has 15 heavy (non-hydrogen) atoms. The van der Waals surface area contributed by atoms with Crippen molar-refractivity contribution in [2.75, 3.05) is 6.54 Å². The molecule has 0 spiro atoms. The monoisotopic (exact) mass is 211 g/mol. The van der Waals surface area contributed by atoms with E-state index in [-0.39, 0.29) is 5.41 Å². The molecule has 0 amide bonds. The van der Waals surface area contributed by atoms with Gasteiger partial charge in [0.2, 0.25) is 0 Å². The van der Waals surface area contributed by atoms with Gasteiger partial charge in [-0.2, -0.15) is 0 Å². The van der Waals surface area contributed by atoms with Crippen molar-refractivity contribution >= 4 is 0 Å². The van der Waals surface area contributed by atoms with Crippen LogP contribution in [-0.2, 0) is 0 Å². The minimum atomic E-state index is -0.418. The third kappa shape index (κ3) is 1.72. The van der Waals surface area contributed by atoms with E-state index in [0.29, 0.717) is 12.0 Å². The Morgan fingerprint density at radius 3 is 1.87 bits per heavy atom. The van der Waals surface area contributed by atoms with E-state index < -0.39 is 5.60 Å². The molecule has 2 aliphatic carbocycles. The second kappa shape index (κ2) is 3.46. The van der Waals surface area contributed by atoms with Crippen LogP contribution in [0.3, 0.4) is 0 Å². The molecule has 0 aromatic heterocycles. The molecule has 3 N–H and O–H groups in total. The van der Waals surface area contributed by atoms with Gasteiger partial charge in [-0.05, 0) is 50.4 Å². The molecule has 0 aliphatic heterocycles. The van der Waals surface area contributed by atoms with E-state index in [4.69, 9.17) is 5.73 Å². The Morgan fingerprint density at radius 1 is 1.00 bits per heavy atom. The van der Waals surface area contributed by atoms with E-state index in [9.17, 15) is 5.11 Å². The maximum absolute atomic E-state index is 10.6. The van der Waals surface area contributed by atoms with Crippen molar-refractivity contribution in [3.63, 3.8) is 0 Å². The Labute approximate surface area is 93.2 Å². The Hall–Kier alpha value is -0.0800. The number of aliphatic hydroxyl groups is 1. The average molecular weight is 211 g/mol. The normalized spacial score (nSPS) is 32.0. The lowest BCUT2D eigenvalue weighted by Gasteiger charge is -2.56. The van der Waals surface area contributed by atoms with Crippen molar-refractivity contribution in [1.29, 1.82) is 0 Å². The number of hydrogen-bond donors (Lipinski definition) is 2. The molecule has 2 saturated carbocycles. The van der Waals surface area contributed by atoms with Gasteiger partial charge in [0.15, 0.2) is 0 Å². The summed E-state index contributed by atoms with van der Waals surface area (Å²) in [6, 6.07) is 0. The van der Waals surface area contributed by atoms with Crippen LogP contribution in [0.1, 0.15) is 58.8 Å². The zero-order valence-electron chi connectivity index (χ0n) is 10.2. The first-order valence-corrected chi connectivity index (χ1v) is 6.36. The van der Waals surface area contributed by atoms with Gasteiger partial charge in [0.05, 0.1) is 5.60 Å². The summed E-state index contributed by atoms with van der Waals surface area (Å²) in [7, 11) is 0. The third-order valence-electron chi connectivity index (χ3n) is 5.12. The van der Waals surface area contributed by atoms with Crippen LogP contribution in [0.5, 0.6) is 0 Å². The predicted molar refractivity (Wildman–Crippen MR) is 62.5 cm³/mol. The van der Waals surface area contributed by atoms with E-state index in [0.717, 1.165) is 25.7 Å². The van der Waals surface area contributed by atoms with Gasteiger partial charge in [-0.25, -0.2) is 0 Å². The second-order valence-corrected chi connectivity index (χ2v) is 6.53. The Morgan fingerprint density at radius 2 is 1.53 bits per heavy atom. The quantitative estimate of drug-likeness (QED) is 0.737. The molecule has 2 rings (SSSR count). The molecule has 2 fully saturated rings. The van der Waals surface area contributed by atoms with Crippen molar-refractivity contribution in [2.45, 2.75) is 64.4 Å². The van der Waals surface area contributed by atoms with Crippen molar-refractivity contribution in [1.82, 2.24) is 0 Å². The highest BCUT2D eigenvalue weighted by atomic mass is 16.3. The van der Waals surface area contributed by atoms with Gasteiger partial charge in [-0.3, -0.25) is 0 Å². The smallest absolute Gasteiger partial charge is 0.0715 e.